The van der Waals surface area contributed by atoms with Gasteiger partial charge in [0, 0.05) is 0 Å². The number of halogens is 1. The zero-order valence-corrected chi connectivity index (χ0v) is 18.8. The Balaban J connectivity index is -0.000000277. The third-order valence-electron chi connectivity index (χ3n) is 2.88. The summed E-state index contributed by atoms with van der Waals surface area (Å²) >= 11 is 0. The quantitative estimate of drug-likeness (QED) is 0.474. The Bertz CT molecular complexity index is 405. The lowest BCUT2D eigenvalue weighted by atomic mass is 10.0. The molecule has 0 aliphatic heterocycles. The minimum absolute atomic E-state index is 0.124. The summed E-state index contributed by atoms with van der Waals surface area (Å²) in [6.07, 6.45) is 5.52. The maximum atomic E-state index is 12.5. The summed E-state index contributed by atoms with van der Waals surface area (Å²) in [5.41, 5.74) is 2.99. The Kier molecular flexibility index (Phi) is 22.0. The van der Waals surface area contributed by atoms with E-state index >= 15 is 0 Å². The van der Waals surface area contributed by atoms with Crippen LogP contribution in [0.4, 0.5) is 4.39 Å². The minimum atomic E-state index is -0.124. The first kappa shape index (κ1) is 28.7. The fourth-order valence-electron chi connectivity index (χ4n) is 1.92. The molecule has 0 aliphatic carbocycles. The number of rotatable bonds is 4. The van der Waals surface area contributed by atoms with Gasteiger partial charge in [0.1, 0.15) is 5.82 Å². The second-order valence-corrected chi connectivity index (χ2v) is 7.87. The second kappa shape index (κ2) is 19.2. The van der Waals surface area contributed by atoms with Crippen LogP contribution in [0.25, 0.3) is 0 Å². The molecule has 0 saturated carbocycles. The van der Waals surface area contributed by atoms with E-state index in [2.05, 4.69) is 48.1 Å². The first-order valence-corrected chi connectivity index (χ1v) is 9.82. The third-order valence-corrected chi connectivity index (χ3v) is 2.88. The summed E-state index contributed by atoms with van der Waals surface area (Å²) in [6.45, 7) is 24.6. The van der Waals surface area contributed by atoms with Crippen LogP contribution in [0.3, 0.4) is 0 Å². The summed E-state index contributed by atoms with van der Waals surface area (Å²) < 4.78 is 12.5. The van der Waals surface area contributed by atoms with Gasteiger partial charge in [0.25, 0.3) is 0 Å². The van der Waals surface area contributed by atoms with Gasteiger partial charge in [-0.3, -0.25) is 0 Å². The van der Waals surface area contributed by atoms with E-state index < -0.39 is 0 Å². The molecule has 0 aromatic heterocycles. The Labute approximate surface area is 158 Å². The van der Waals surface area contributed by atoms with Crippen LogP contribution in [0.5, 0.6) is 0 Å². The normalized spacial score (nSPS) is 9.32. The molecule has 0 fully saturated rings. The second-order valence-electron chi connectivity index (χ2n) is 7.87. The van der Waals surface area contributed by atoms with E-state index in [0.29, 0.717) is 0 Å². The number of benzene rings is 1. The van der Waals surface area contributed by atoms with E-state index in [0.717, 1.165) is 23.0 Å². The molecule has 1 heteroatoms. The summed E-state index contributed by atoms with van der Waals surface area (Å²) in [6, 6.07) is 5.09. The highest BCUT2D eigenvalue weighted by molar-refractivity contribution is 5.22. The molecule has 0 atom stereocenters. The van der Waals surface area contributed by atoms with Crippen LogP contribution in [-0.4, -0.2) is 0 Å². The first-order valence-electron chi connectivity index (χ1n) is 9.82. The monoisotopic (exact) mass is 352 g/mol. The fraction of sp³-hybridized carbons (Fsp3) is 0.667. The van der Waals surface area contributed by atoms with Crippen molar-refractivity contribution in [2.75, 3.05) is 0 Å². The van der Waals surface area contributed by atoms with Gasteiger partial charge in [-0.05, 0) is 51.2 Å². The van der Waals surface area contributed by atoms with E-state index in [-0.39, 0.29) is 5.82 Å². The van der Waals surface area contributed by atoms with Gasteiger partial charge in [-0.2, -0.15) is 0 Å². The van der Waals surface area contributed by atoms with Crippen LogP contribution in [0, 0.1) is 31.5 Å². The van der Waals surface area contributed by atoms with Crippen molar-refractivity contribution in [3.8, 4) is 0 Å². The molecule has 0 N–H and O–H groups in total. The third kappa shape index (κ3) is 31.2. The number of aryl methyl sites for hydroxylation is 2. The van der Waals surface area contributed by atoms with Crippen molar-refractivity contribution in [1.29, 1.82) is 0 Å². The molecule has 0 spiro atoms. The van der Waals surface area contributed by atoms with E-state index in [1.165, 1.54) is 37.3 Å². The van der Waals surface area contributed by atoms with Crippen LogP contribution in [0.1, 0.15) is 92.2 Å². The summed E-state index contributed by atoms with van der Waals surface area (Å²) in [4.78, 5) is 0. The number of hydrogen-bond acceptors (Lipinski definition) is 0. The zero-order valence-electron chi connectivity index (χ0n) is 18.8. The highest BCUT2D eigenvalue weighted by atomic mass is 19.1. The van der Waals surface area contributed by atoms with Crippen molar-refractivity contribution in [2.24, 2.45) is 11.8 Å². The minimum Gasteiger partial charge on any atom is -0.207 e. The summed E-state index contributed by atoms with van der Waals surface area (Å²) in [5.74, 6) is 1.67. The molecule has 0 saturated heterocycles. The van der Waals surface area contributed by atoms with Gasteiger partial charge >= 0.3 is 0 Å². The predicted molar refractivity (Wildman–Crippen MR) is 116 cm³/mol. The van der Waals surface area contributed by atoms with Gasteiger partial charge in [-0.1, -0.05) is 90.5 Å². The van der Waals surface area contributed by atoms with Gasteiger partial charge in [-0.25, -0.2) is 4.39 Å². The van der Waals surface area contributed by atoms with E-state index in [1.54, 1.807) is 13.0 Å². The van der Waals surface area contributed by atoms with E-state index in [4.69, 9.17) is 0 Å². The van der Waals surface area contributed by atoms with Crippen molar-refractivity contribution in [1.82, 2.24) is 0 Å². The maximum absolute atomic E-state index is 12.5. The van der Waals surface area contributed by atoms with Crippen molar-refractivity contribution in [2.45, 2.75) is 94.9 Å². The molecule has 0 aliphatic rings. The lowest BCUT2D eigenvalue weighted by Gasteiger charge is -2.05. The largest absolute Gasteiger partial charge is 0.207 e. The molecule has 0 amide bonds. The Hall–Kier alpha value is -1.11. The van der Waals surface area contributed by atoms with Gasteiger partial charge < -0.3 is 0 Å². The molecule has 0 unspecified atom stereocenters. The Morgan fingerprint density at radius 1 is 0.960 bits per heavy atom. The predicted octanol–water partition coefficient (Wildman–Crippen LogP) is 8.91. The van der Waals surface area contributed by atoms with Gasteiger partial charge in [-0.15, -0.1) is 6.58 Å². The average Bonchev–Trinajstić information content (AvgIpc) is 2.43. The molecule has 25 heavy (non-hydrogen) atoms. The van der Waals surface area contributed by atoms with Crippen LogP contribution in [-0.2, 0) is 0 Å². The topological polar surface area (TPSA) is 0 Å². The molecular formula is C24H45F. The van der Waals surface area contributed by atoms with Crippen molar-refractivity contribution in [3.63, 3.8) is 0 Å². The lowest BCUT2D eigenvalue weighted by molar-refractivity contribution is 0.480. The van der Waals surface area contributed by atoms with Crippen LogP contribution in [0.2, 0.25) is 0 Å². The highest BCUT2D eigenvalue weighted by Gasteiger charge is 1.95. The highest BCUT2D eigenvalue weighted by Crippen LogP contribution is 2.10. The molecule has 1 aromatic rings. The van der Waals surface area contributed by atoms with Gasteiger partial charge in [0.05, 0.1) is 0 Å². The van der Waals surface area contributed by atoms with Crippen molar-refractivity contribution < 1.29 is 4.39 Å². The molecule has 0 nitrogen and oxygen atoms in total. The van der Waals surface area contributed by atoms with E-state index in [1.807, 2.05) is 26.8 Å². The van der Waals surface area contributed by atoms with Crippen LogP contribution >= 0.6 is 0 Å². The molecular weight excluding hydrogens is 307 g/mol. The summed E-state index contributed by atoms with van der Waals surface area (Å²) in [5, 5.41) is 0. The number of allylic oxidation sites excluding steroid dienone is 1. The number of hydrogen-bond donors (Lipinski definition) is 0. The fourth-order valence-corrected chi connectivity index (χ4v) is 1.92. The molecule has 1 aromatic carbocycles. The Morgan fingerprint density at radius 3 is 1.56 bits per heavy atom. The van der Waals surface area contributed by atoms with Gasteiger partial charge in [0.15, 0.2) is 0 Å². The van der Waals surface area contributed by atoms with Crippen LogP contribution < -0.4 is 0 Å². The molecule has 0 radical (unpaired) electrons. The molecule has 1 rings (SSSR count). The van der Waals surface area contributed by atoms with E-state index in [9.17, 15) is 4.39 Å². The molecule has 0 heterocycles. The standard InChI is InChI=1S/C8H9F.C8H18.C4H10.C4H8/c1-6-3-4-8(9)7(2)5-6;1-4-6-8(3)7-5-2;2*1-4(2)3/h3-5H,1-2H3;8H,4-7H2,1-3H3;4H,1-3H3;1H2,2-3H3. The van der Waals surface area contributed by atoms with Crippen LogP contribution in [0.15, 0.2) is 30.4 Å². The van der Waals surface area contributed by atoms with Gasteiger partial charge in [0.2, 0.25) is 0 Å². The molecule has 148 valence electrons. The summed E-state index contributed by atoms with van der Waals surface area (Å²) in [7, 11) is 0. The average molecular weight is 353 g/mol. The zero-order chi connectivity index (χ0) is 20.4. The maximum Gasteiger partial charge on any atom is 0.126 e. The van der Waals surface area contributed by atoms with Crippen molar-refractivity contribution >= 4 is 0 Å². The first-order chi connectivity index (χ1) is 11.5. The smallest absolute Gasteiger partial charge is 0.126 e. The Morgan fingerprint density at radius 2 is 1.32 bits per heavy atom. The SMILES string of the molecule is C=C(C)C.CC(C)C.CCCC(C)CCC.Cc1ccc(F)c(C)c1. The lowest BCUT2D eigenvalue weighted by Crippen LogP contribution is -1.91. The molecule has 0 bridgehead atoms. The van der Waals surface area contributed by atoms with Crippen molar-refractivity contribution in [3.05, 3.63) is 47.3 Å².